The average molecular weight is 537 g/mol. The van der Waals surface area contributed by atoms with Gasteiger partial charge in [0.15, 0.2) is 5.82 Å². The molecule has 1 saturated heterocycles. The fraction of sp³-hybridized carbons (Fsp3) is 0.448. The predicted molar refractivity (Wildman–Crippen MR) is 143 cm³/mol. The van der Waals surface area contributed by atoms with Crippen LogP contribution < -0.4 is 10.6 Å². The summed E-state index contributed by atoms with van der Waals surface area (Å²) < 4.78 is 29.5. The van der Waals surface area contributed by atoms with Crippen molar-refractivity contribution >= 4 is 17.6 Å². The zero-order chi connectivity index (χ0) is 27.7. The number of carbonyl (C=O) groups excluding carboxylic acids is 2. The Bertz CT molecular complexity index is 1360. The fourth-order valence-electron chi connectivity index (χ4n) is 5.64. The van der Waals surface area contributed by atoms with Crippen LogP contribution in [0.25, 0.3) is 0 Å². The van der Waals surface area contributed by atoms with E-state index in [0.717, 1.165) is 12.5 Å². The first-order chi connectivity index (χ1) is 18.6. The standard InChI is InChI=1S/C29H34F2N6O2/c1-18(34-23-5-4-20-12-22(30)13-25(31)24(20)14-23)27(38)35-26-16-37(17-33-26)29(2,3)28(39)36-11-8-21(15-36)19-6-9-32-10-7-19/h6-7,9-10,12-13,16-18,21,23,34H,4-5,8,11,14-15H2,1-3H3,(H,35,38). The van der Waals surface area contributed by atoms with E-state index in [1.54, 1.807) is 36.4 Å². The number of nitrogens with zero attached hydrogens (tertiary/aromatic N) is 4. The highest BCUT2D eigenvalue weighted by molar-refractivity contribution is 5.93. The zero-order valence-corrected chi connectivity index (χ0v) is 22.5. The van der Waals surface area contributed by atoms with Gasteiger partial charge in [0.2, 0.25) is 11.8 Å². The molecule has 206 valence electrons. The van der Waals surface area contributed by atoms with Crippen LogP contribution in [0.3, 0.4) is 0 Å². The monoisotopic (exact) mass is 536 g/mol. The lowest BCUT2D eigenvalue weighted by Gasteiger charge is -2.30. The summed E-state index contributed by atoms with van der Waals surface area (Å²) in [7, 11) is 0. The maximum absolute atomic E-state index is 14.3. The third kappa shape index (κ3) is 5.71. The summed E-state index contributed by atoms with van der Waals surface area (Å²) in [5.41, 5.74) is 1.49. The number of imidazole rings is 1. The minimum Gasteiger partial charge on any atom is -0.340 e. The highest BCUT2D eigenvalue weighted by Crippen LogP contribution is 2.30. The predicted octanol–water partition coefficient (Wildman–Crippen LogP) is 3.78. The van der Waals surface area contributed by atoms with Gasteiger partial charge in [0, 0.05) is 49.7 Å². The Morgan fingerprint density at radius 2 is 1.92 bits per heavy atom. The van der Waals surface area contributed by atoms with E-state index < -0.39 is 23.2 Å². The van der Waals surface area contributed by atoms with Gasteiger partial charge in [-0.2, -0.15) is 0 Å². The number of amides is 2. The molecule has 3 atom stereocenters. The fourth-order valence-corrected chi connectivity index (χ4v) is 5.64. The number of pyridine rings is 1. The second-order valence-corrected chi connectivity index (χ2v) is 11.1. The van der Waals surface area contributed by atoms with E-state index in [0.29, 0.717) is 49.3 Å². The Balaban J connectivity index is 1.17. The molecule has 0 saturated carbocycles. The van der Waals surface area contributed by atoms with Crippen molar-refractivity contribution in [2.24, 2.45) is 0 Å². The number of rotatable bonds is 7. The first kappa shape index (κ1) is 26.9. The van der Waals surface area contributed by atoms with Gasteiger partial charge < -0.3 is 20.1 Å². The highest BCUT2D eigenvalue weighted by Gasteiger charge is 2.38. The van der Waals surface area contributed by atoms with Gasteiger partial charge >= 0.3 is 0 Å². The van der Waals surface area contributed by atoms with E-state index in [-0.39, 0.29) is 23.8 Å². The van der Waals surface area contributed by atoms with Crippen molar-refractivity contribution < 1.29 is 18.4 Å². The summed E-state index contributed by atoms with van der Waals surface area (Å²) in [6, 6.07) is 5.62. The van der Waals surface area contributed by atoms with E-state index in [9.17, 15) is 18.4 Å². The number of hydrogen-bond acceptors (Lipinski definition) is 5. The minimum atomic E-state index is -0.883. The van der Waals surface area contributed by atoms with Crippen molar-refractivity contribution in [3.63, 3.8) is 0 Å². The van der Waals surface area contributed by atoms with Crippen LogP contribution in [0.1, 0.15) is 56.2 Å². The van der Waals surface area contributed by atoms with Crippen molar-refractivity contribution in [1.82, 2.24) is 24.8 Å². The third-order valence-electron chi connectivity index (χ3n) is 8.00. The van der Waals surface area contributed by atoms with Crippen LogP contribution >= 0.6 is 0 Å². The number of anilines is 1. The third-order valence-corrected chi connectivity index (χ3v) is 8.00. The van der Waals surface area contributed by atoms with E-state index >= 15 is 0 Å². The molecule has 3 heterocycles. The molecule has 0 radical (unpaired) electrons. The van der Waals surface area contributed by atoms with E-state index in [1.807, 2.05) is 30.9 Å². The number of nitrogens with one attached hydrogen (secondary N) is 2. The second kappa shape index (κ2) is 10.8. The molecular formula is C29H34F2N6O2. The molecule has 2 aliphatic rings. The molecule has 3 aromatic rings. The maximum Gasteiger partial charge on any atom is 0.248 e. The molecule has 1 aromatic carbocycles. The lowest BCUT2D eigenvalue weighted by atomic mass is 9.87. The molecule has 0 spiro atoms. The molecule has 1 aliphatic heterocycles. The van der Waals surface area contributed by atoms with E-state index in [4.69, 9.17) is 0 Å². The van der Waals surface area contributed by atoms with Crippen LogP contribution in [0.2, 0.25) is 0 Å². The van der Waals surface area contributed by atoms with Gasteiger partial charge in [0.25, 0.3) is 0 Å². The molecule has 1 aliphatic carbocycles. The Kier molecular flexibility index (Phi) is 7.48. The molecule has 2 amide bonds. The number of halogens is 2. The van der Waals surface area contributed by atoms with E-state index in [2.05, 4.69) is 20.6 Å². The zero-order valence-electron chi connectivity index (χ0n) is 22.5. The summed E-state index contributed by atoms with van der Waals surface area (Å²) in [5.74, 6) is -0.762. The van der Waals surface area contributed by atoms with Gasteiger partial charge in [0.1, 0.15) is 17.2 Å². The molecule has 1 fully saturated rings. The van der Waals surface area contributed by atoms with Crippen LogP contribution in [0.15, 0.2) is 49.2 Å². The number of hydrogen-bond donors (Lipinski definition) is 2. The van der Waals surface area contributed by atoms with E-state index in [1.165, 1.54) is 11.6 Å². The molecular weight excluding hydrogens is 502 g/mol. The van der Waals surface area contributed by atoms with Crippen molar-refractivity contribution in [2.45, 2.75) is 70.0 Å². The van der Waals surface area contributed by atoms with Crippen LogP contribution in [0, 0.1) is 11.6 Å². The topological polar surface area (TPSA) is 92.2 Å². The molecule has 39 heavy (non-hydrogen) atoms. The number of carbonyl (C=O) groups is 2. The second-order valence-electron chi connectivity index (χ2n) is 11.1. The van der Waals surface area contributed by atoms with Gasteiger partial charge in [0.05, 0.1) is 12.4 Å². The summed E-state index contributed by atoms with van der Waals surface area (Å²) in [5, 5.41) is 6.07. The number of aryl methyl sites for hydroxylation is 1. The molecule has 10 heteroatoms. The Morgan fingerprint density at radius 3 is 2.69 bits per heavy atom. The normalized spacial score (nSPS) is 20.0. The van der Waals surface area contributed by atoms with Gasteiger partial charge in [-0.05, 0) is 81.3 Å². The summed E-state index contributed by atoms with van der Waals surface area (Å²) >= 11 is 0. The van der Waals surface area contributed by atoms with Gasteiger partial charge in [-0.25, -0.2) is 13.8 Å². The Hall–Kier alpha value is -3.66. The van der Waals surface area contributed by atoms with Crippen LogP contribution in [-0.2, 0) is 28.0 Å². The van der Waals surface area contributed by atoms with Crippen LogP contribution in [0.4, 0.5) is 14.6 Å². The quantitative estimate of drug-likeness (QED) is 0.480. The van der Waals surface area contributed by atoms with Gasteiger partial charge in [-0.15, -0.1) is 0 Å². The van der Waals surface area contributed by atoms with Gasteiger partial charge in [-0.3, -0.25) is 14.6 Å². The number of benzene rings is 1. The number of fused-ring (bicyclic) bond motifs is 1. The lowest BCUT2D eigenvalue weighted by molar-refractivity contribution is -0.138. The SMILES string of the molecule is CC(NC1CCc2cc(F)cc(F)c2C1)C(=O)Nc1cn(C(C)(C)C(=O)N2CCC(c3ccncc3)C2)cn1. The smallest absolute Gasteiger partial charge is 0.248 e. The number of aromatic nitrogens is 3. The highest BCUT2D eigenvalue weighted by atomic mass is 19.1. The maximum atomic E-state index is 14.3. The molecule has 5 rings (SSSR count). The number of likely N-dealkylation sites (tertiary alicyclic amines) is 1. The molecule has 2 aromatic heterocycles. The first-order valence-corrected chi connectivity index (χ1v) is 13.4. The largest absolute Gasteiger partial charge is 0.340 e. The summed E-state index contributed by atoms with van der Waals surface area (Å²) in [6.45, 7) is 6.76. The molecule has 8 nitrogen and oxygen atoms in total. The van der Waals surface area contributed by atoms with Gasteiger partial charge in [-0.1, -0.05) is 0 Å². The average Bonchev–Trinajstić information content (AvgIpc) is 3.60. The van der Waals surface area contributed by atoms with Crippen LogP contribution in [0.5, 0.6) is 0 Å². The van der Waals surface area contributed by atoms with Crippen molar-refractivity contribution in [2.75, 3.05) is 18.4 Å². The van der Waals surface area contributed by atoms with Crippen molar-refractivity contribution in [1.29, 1.82) is 0 Å². The Morgan fingerprint density at radius 1 is 1.15 bits per heavy atom. The first-order valence-electron chi connectivity index (χ1n) is 13.4. The minimum absolute atomic E-state index is 0.00550. The lowest BCUT2D eigenvalue weighted by Crippen LogP contribution is -2.46. The molecule has 0 bridgehead atoms. The van der Waals surface area contributed by atoms with Crippen molar-refractivity contribution in [3.05, 3.63) is 77.5 Å². The summed E-state index contributed by atoms with van der Waals surface area (Å²) in [4.78, 5) is 36.6. The van der Waals surface area contributed by atoms with Crippen LogP contribution in [-0.4, -0.2) is 56.4 Å². The Labute approximate surface area is 226 Å². The molecule has 3 unspecified atom stereocenters. The molecule has 2 N–H and O–H groups in total. The van der Waals surface area contributed by atoms with Crippen molar-refractivity contribution in [3.8, 4) is 0 Å². The summed E-state index contributed by atoms with van der Waals surface area (Å²) in [6.07, 6.45) is 9.29.